The lowest BCUT2D eigenvalue weighted by molar-refractivity contribution is -0.117. The number of carbonyl (C=O) groups excluding carboxylic acids is 2. The molecule has 2 rings (SSSR count). The Hall–Kier alpha value is -1.80. The molecule has 1 aliphatic heterocycles. The molecule has 0 saturated carbocycles. The summed E-state index contributed by atoms with van der Waals surface area (Å²) >= 11 is 0.769. The van der Waals surface area contributed by atoms with Crippen LogP contribution in [0.3, 0.4) is 0 Å². The molecule has 1 heterocycles. The minimum absolute atomic E-state index is 0.250. The molecule has 0 saturated heterocycles. The van der Waals surface area contributed by atoms with Crippen molar-refractivity contribution in [1.82, 2.24) is 0 Å². The lowest BCUT2D eigenvalue weighted by Gasteiger charge is -2.33. The largest absolute Gasteiger partial charge is 0.324 e. The molecule has 0 fully saturated rings. The van der Waals surface area contributed by atoms with E-state index in [0.29, 0.717) is 17.7 Å². The van der Waals surface area contributed by atoms with Crippen LogP contribution < -0.4 is 5.32 Å². The van der Waals surface area contributed by atoms with Crippen LogP contribution in [0, 0.1) is 17.6 Å². The monoisotopic (exact) mass is 288 g/mol. The van der Waals surface area contributed by atoms with E-state index >= 15 is 0 Å². The molecule has 1 aliphatic rings. The molecule has 0 bridgehead atoms. The second kappa shape index (κ2) is 5.68. The number of thiocyanates is 1. The normalized spacial score (nSPS) is 21.1. The first-order valence-electron chi connectivity index (χ1n) is 6.59. The van der Waals surface area contributed by atoms with Crippen molar-refractivity contribution in [2.45, 2.75) is 37.9 Å². The molecule has 1 aromatic rings. The Morgan fingerprint density at radius 2 is 2.15 bits per heavy atom. The van der Waals surface area contributed by atoms with Crippen LogP contribution in [-0.2, 0) is 4.79 Å². The van der Waals surface area contributed by atoms with Gasteiger partial charge < -0.3 is 5.32 Å². The second-order valence-electron chi connectivity index (χ2n) is 4.96. The summed E-state index contributed by atoms with van der Waals surface area (Å²) in [5, 5.41) is 13.7. The predicted molar refractivity (Wildman–Crippen MR) is 79.6 cm³/mol. The number of amides is 1. The average Bonchev–Trinajstić information content (AvgIpc) is 2.43. The number of thioether (sulfide) groups is 1. The summed E-state index contributed by atoms with van der Waals surface area (Å²) < 4.78 is -1.30. The number of nitrogens with one attached hydrogen (secondary N) is 1. The quantitative estimate of drug-likeness (QED) is 0.682. The van der Waals surface area contributed by atoms with Gasteiger partial charge >= 0.3 is 0 Å². The van der Waals surface area contributed by atoms with Gasteiger partial charge in [-0.2, -0.15) is 5.26 Å². The van der Waals surface area contributed by atoms with Crippen molar-refractivity contribution in [2.75, 3.05) is 5.32 Å². The van der Waals surface area contributed by atoms with Crippen molar-refractivity contribution in [3.05, 3.63) is 29.3 Å². The zero-order valence-corrected chi connectivity index (χ0v) is 12.3. The highest BCUT2D eigenvalue weighted by atomic mass is 32.2. The van der Waals surface area contributed by atoms with Crippen molar-refractivity contribution in [1.29, 1.82) is 5.26 Å². The fourth-order valence-electron chi connectivity index (χ4n) is 2.37. The maximum Gasteiger partial charge on any atom is 0.249 e. The number of hydrogen-bond acceptors (Lipinski definition) is 4. The molecule has 0 aromatic heterocycles. The Labute approximate surface area is 122 Å². The third-order valence-electron chi connectivity index (χ3n) is 3.50. The maximum absolute atomic E-state index is 12.8. The molecule has 1 unspecified atom stereocenters. The highest BCUT2D eigenvalue weighted by Crippen LogP contribution is 2.40. The number of nitriles is 1. The van der Waals surface area contributed by atoms with Gasteiger partial charge in [0.1, 0.15) is 5.40 Å². The van der Waals surface area contributed by atoms with Gasteiger partial charge in [-0.05, 0) is 37.2 Å². The van der Waals surface area contributed by atoms with E-state index in [0.717, 1.165) is 30.2 Å². The average molecular weight is 288 g/mol. The number of anilines is 1. The van der Waals surface area contributed by atoms with E-state index in [1.807, 2.05) is 25.3 Å². The van der Waals surface area contributed by atoms with Gasteiger partial charge in [-0.15, -0.1) is 0 Å². The number of ketones is 1. The zero-order valence-electron chi connectivity index (χ0n) is 11.5. The number of unbranched alkanes of at least 4 members (excludes halogenated alkanes) is 1. The van der Waals surface area contributed by atoms with E-state index in [1.165, 1.54) is 0 Å². The molecular formula is C15H16N2O2S. The molecule has 20 heavy (non-hydrogen) atoms. The molecule has 5 heteroatoms. The Kier molecular flexibility index (Phi) is 4.15. The Balaban J connectivity index is 2.51. The highest BCUT2D eigenvalue weighted by molar-refractivity contribution is 8.06. The molecule has 1 amide bonds. The van der Waals surface area contributed by atoms with Crippen molar-refractivity contribution in [3.8, 4) is 5.40 Å². The summed E-state index contributed by atoms with van der Waals surface area (Å²) in [7, 11) is 0. The van der Waals surface area contributed by atoms with Crippen molar-refractivity contribution >= 4 is 29.1 Å². The summed E-state index contributed by atoms with van der Waals surface area (Å²) in [6.07, 6.45) is 1.99. The molecule has 1 aromatic carbocycles. The third-order valence-corrected chi connectivity index (χ3v) is 4.52. The Morgan fingerprint density at radius 3 is 2.80 bits per heavy atom. The Morgan fingerprint density at radius 1 is 1.40 bits per heavy atom. The fourth-order valence-corrected chi connectivity index (χ4v) is 3.12. The fraction of sp³-hybridized carbons (Fsp3) is 0.400. The Bertz CT molecular complexity index is 606. The first-order valence-corrected chi connectivity index (χ1v) is 7.41. The van der Waals surface area contributed by atoms with Crippen molar-refractivity contribution in [2.24, 2.45) is 0 Å². The van der Waals surface area contributed by atoms with E-state index < -0.39 is 4.75 Å². The topological polar surface area (TPSA) is 70.0 Å². The molecule has 104 valence electrons. The van der Waals surface area contributed by atoms with Crippen molar-refractivity contribution < 1.29 is 9.59 Å². The number of carbonyl (C=O) groups is 2. The number of Topliss-reactive ketones (excluding diaryl/α,β-unsaturated/α-hetero) is 1. The van der Waals surface area contributed by atoms with E-state index in [2.05, 4.69) is 5.32 Å². The van der Waals surface area contributed by atoms with E-state index in [1.54, 1.807) is 12.1 Å². The van der Waals surface area contributed by atoms with Crippen LogP contribution in [0.5, 0.6) is 0 Å². The van der Waals surface area contributed by atoms with E-state index in [4.69, 9.17) is 5.26 Å². The third kappa shape index (κ3) is 2.32. The predicted octanol–water partition coefficient (Wildman–Crippen LogP) is 3.27. The van der Waals surface area contributed by atoms with Crippen LogP contribution >= 0.6 is 11.8 Å². The summed E-state index contributed by atoms with van der Waals surface area (Å²) in [6.45, 7) is 3.89. The minimum atomic E-state index is -1.30. The lowest BCUT2D eigenvalue weighted by Crippen LogP contribution is -2.50. The minimum Gasteiger partial charge on any atom is -0.324 e. The molecule has 0 aliphatic carbocycles. The van der Waals surface area contributed by atoms with Gasteiger partial charge in [-0.25, -0.2) is 0 Å². The summed E-state index contributed by atoms with van der Waals surface area (Å²) in [4.78, 5) is 25.1. The number of hydrogen-bond donors (Lipinski definition) is 1. The number of fused-ring (bicyclic) bond motifs is 1. The number of benzene rings is 1. The van der Waals surface area contributed by atoms with Crippen LogP contribution in [0.4, 0.5) is 5.69 Å². The molecule has 1 N–H and O–H groups in total. The van der Waals surface area contributed by atoms with E-state index in [9.17, 15) is 9.59 Å². The van der Waals surface area contributed by atoms with Gasteiger partial charge in [0, 0.05) is 5.56 Å². The highest BCUT2D eigenvalue weighted by Gasteiger charge is 2.50. The van der Waals surface area contributed by atoms with Crippen molar-refractivity contribution in [3.63, 3.8) is 0 Å². The van der Waals surface area contributed by atoms with Gasteiger partial charge in [0.25, 0.3) is 0 Å². The lowest BCUT2D eigenvalue weighted by atomic mass is 9.86. The molecule has 4 nitrogen and oxygen atoms in total. The van der Waals surface area contributed by atoms with Crippen LogP contribution in [-0.4, -0.2) is 16.4 Å². The smallest absolute Gasteiger partial charge is 0.249 e. The summed E-state index contributed by atoms with van der Waals surface area (Å²) in [5.74, 6) is -0.626. The van der Waals surface area contributed by atoms with Gasteiger partial charge in [-0.1, -0.05) is 31.4 Å². The van der Waals surface area contributed by atoms with Crippen LogP contribution in [0.1, 0.15) is 42.1 Å². The van der Waals surface area contributed by atoms with E-state index in [-0.39, 0.29) is 11.7 Å². The van der Waals surface area contributed by atoms with Gasteiger partial charge in [0.05, 0.1) is 5.69 Å². The van der Waals surface area contributed by atoms with Gasteiger partial charge in [0.15, 0.2) is 10.5 Å². The SMILES string of the molecule is CCCCC1(SC#N)C(=O)Nc2ccc(C)cc2C1=O. The van der Waals surface area contributed by atoms with Gasteiger partial charge in [-0.3, -0.25) is 9.59 Å². The van der Waals surface area contributed by atoms with Crippen LogP contribution in [0.2, 0.25) is 0 Å². The summed E-state index contributed by atoms with van der Waals surface area (Å²) in [6, 6.07) is 5.36. The summed E-state index contributed by atoms with van der Waals surface area (Å²) in [5.41, 5.74) is 2.00. The van der Waals surface area contributed by atoms with Crippen LogP contribution in [0.15, 0.2) is 18.2 Å². The first kappa shape index (κ1) is 14.6. The number of rotatable bonds is 4. The van der Waals surface area contributed by atoms with Gasteiger partial charge in [0.2, 0.25) is 5.91 Å². The number of aryl methyl sites for hydroxylation is 1. The maximum atomic E-state index is 12.8. The molecular weight excluding hydrogens is 272 g/mol. The van der Waals surface area contributed by atoms with Crippen LogP contribution in [0.25, 0.3) is 0 Å². The molecule has 0 spiro atoms. The first-order chi connectivity index (χ1) is 9.55. The molecule has 0 radical (unpaired) electrons. The zero-order chi connectivity index (χ0) is 14.8. The standard InChI is InChI=1S/C15H16N2O2S/c1-3-4-7-15(20-9-16)13(18)11-8-10(2)5-6-12(11)17-14(15)19/h5-6,8H,3-4,7H2,1-2H3,(H,17,19). The molecule has 1 atom stereocenters. The second-order valence-corrected chi connectivity index (χ2v) is 6.04. The number of nitrogens with zero attached hydrogens (tertiary/aromatic N) is 1.